The summed E-state index contributed by atoms with van der Waals surface area (Å²) in [5.74, 6) is -0.437. The Balaban J connectivity index is 1.92. The molecule has 0 aliphatic heterocycles. The van der Waals surface area contributed by atoms with Crippen LogP contribution in [0.15, 0.2) is 39.0 Å². The van der Waals surface area contributed by atoms with Crippen molar-refractivity contribution < 1.29 is 5.11 Å². The van der Waals surface area contributed by atoms with Gasteiger partial charge in [0, 0.05) is 14.1 Å². The summed E-state index contributed by atoms with van der Waals surface area (Å²) in [6.45, 7) is 0. The van der Waals surface area contributed by atoms with E-state index >= 15 is 0 Å². The van der Waals surface area contributed by atoms with Gasteiger partial charge >= 0.3 is 5.69 Å². The van der Waals surface area contributed by atoms with Crippen LogP contribution >= 0.6 is 11.3 Å². The zero-order chi connectivity index (χ0) is 16.6. The zero-order valence-electron chi connectivity index (χ0n) is 12.3. The molecule has 118 valence electrons. The first-order valence-electron chi connectivity index (χ1n) is 6.62. The number of fused-ring (bicyclic) bond motifs is 1. The second-order valence-corrected chi connectivity index (χ2v) is 5.83. The number of benzene rings is 1. The lowest BCUT2D eigenvalue weighted by Gasteiger charge is -2.06. The third-order valence-electron chi connectivity index (χ3n) is 3.32. The molecule has 0 aliphatic rings. The van der Waals surface area contributed by atoms with Gasteiger partial charge in [-0.2, -0.15) is 5.10 Å². The second-order valence-electron chi connectivity index (χ2n) is 4.80. The summed E-state index contributed by atoms with van der Waals surface area (Å²) in [5, 5.41) is 14.4. The monoisotopic (exact) mass is 331 g/mol. The van der Waals surface area contributed by atoms with E-state index in [-0.39, 0.29) is 5.56 Å². The lowest BCUT2D eigenvalue weighted by molar-refractivity contribution is 0.410. The van der Waals surface area contributed by atoms with Crippen molar-refractivity contribution in [1.29, 1.82) is 0 Å². The number of hydrogen-bond acceptors (Lipinski definition) is 7. The Morgan fingerprint density at radius 3 is 2.74 bits per heavy atom. The van der Waals surface area contributed by atoms with E-state index in [1.807, 2.05) is 24.3 Å². The Hall–Kier alpha value is -2.94. The Labute approximate surface area is 134 Å². The lowest BCUT2D eigenvalue weighted by Crippen LogP contribution is -2.38. The zero-order valence-corrected chi connectivity index (χ0v) is 13.2. The lowest BCUT2D eigenvalue weighted by atomic mass is 10.3. The fraction of sp³-hybridized carbons (Fsp3) is 0.143. The number of thiazole rings is 1. The van der Waals surface area contributed by atoms with E-state index in [9.17, 15) is 14.7 Å². The van der Waals surface area contributed by atoms with Gasteiger partial charge < -0.3 is 5.11 Å². The summed E-state index contributed by atoms with van der Waals surface area (Å²) in [7, 11) is 2.71. The standard InChI is InChI=1S/C14H13N5O3S/c1-18-11(20)8(12(21)19(2)14(18)22)7-15-17-13-16-9-5-3-4-6-10(9)23-13/h3-7,20H,1-2H3,(H,16,17)/b15-7+. The van der Waals surface area contributed by atoms with Gasteiger partial charge in [0.25, 0.3) is 5.56 Å². The van der Waals surface area contributed by atoms with Gasteiger partial charge in [0.1, 0.15) is 5.56 Å². The van der Waals surface area contributed by atoms with Gasteiger partial charge in [-0.05, 0) is 12.1 Å². The molecular formula is C14H13N5O3S. The minimum atomic E-state index is -0.625. The molecule has 0 atom stereocenters. The number of hydrazone groups is 1. The molecule has 23 heavy (non-hydrogen) atoms. The molecule has 0 spiro atoms. The molecule has 1 aromatic carbocycles. The van der Waals surface area contributed by atoms with Crippen LogP contribution in [0.1, 0.15) is 5.56 Å². The minimum absolute atomic E-state index is 0.0804. The Kier molecular flexibility index (Phi) is 3.70. The van der Waals surface area contributed by atoms with Gasteiger partial charge in [-0.15, -0.1) is 0 Å². The molecule has 3 aromatic rings. The van der Waals surface area contributed by atoms with Crippen molar-refractivity contribution in [1.82, 2.24) is 14.1 Å². The van der Waals surface area contributed by atoms with Gasteiger partial charge in [0.05, 0.1) is 16.4 Å². The molecule has 0 bridgehead atoms. The van der Waals surface area contributed by atoms with Crippen molar-refractivity contribution in [3.63, 3.8) is 0 Å². The molecule has 0 saturated heterocycles. The minimum Gasteiger partial charge on any atom is -0.494 e. The van der Waals surface area contributed by atoms with E-state index < -0.39 is 17.1 Å². The molecule has 0 unspecified atom stereocenters. The van der Waals surface area contributed by atoms with Gasteiger partial charge in [-0.3, -0.25) is 19.4 Å². The number of nitrogens with one attached hydrogen (secondary N) is 1. The van der Waals surface area contributed by atoms with Crippen molar-refractivity contribution in [2.24, 2.45) is 19.2 Å². The third-order valence-corrected chi connectivity index (χ3v) is 4.26. The van der Waals surface area contributed by atoms with Crippen LogP contribution in [-0.2, 0) is 14.1 Å². The molecule has 0 fully saturated rings. The van der Waals surface area contributed by atoms with Gasteiger partial charge in [0.15, 0.2) is 0 Å². The summed E-state index contributed by atoms with van der Waals surface area (Å²) in [4.78, 5) is 28.0. The Bertz CT molecular complexity index is 998. The number of aromatic nitrogens is 3. The van der Waals surface area contributed by atoms with E-state index in [2.05, 4.69) is 15.5 Å². The fourth-order valence-corrected chi connectivity index (χ4v) is 2.86. The smallest absolute Gasteiger partial charge is 0.333 e. The maximum atomic E-state index is 12.0. The number of anilines is 1. The summed E-state index contributed by atoms with van der Waals surface area (Å²) in [5.41, 5.74) is 2.25. The predicted octanol–water partition coefficient (Wildman–Crippen LogP) is 0.845. The Morgan fingerprint density at radius 1 is 1.26 bits per heavy atom. The number of aromatic hydroxyl groups is 1. The molecule has 0 amide bonds. The summed E-state index contributed by atoms with van der Waals surface area (Å²) < 4.78 is 2.88. The van der Waals surface area contributed by atoms with Crippen LogP contribution in [0, 0.1) is 0 Å². The molecule has 2 aromatic heterocycles. The highest BCUT2D eigenvalue weighted by atomic mass is 32.1. The third kappa shape index (κ3) is 2.61. The molecule has 0 saturated carbocycles. The van der Waals surface area contributed by atoms with Crippen LogP contribution in [0.5, 0.6) is 5.88 Å². The first-order valence-corrected chi connectivity index (χ1v) is 7.44. The molecule has 2 heterocycles. The summed E-state index contributed by atoms with van der Waals surface area (Å²) >= 11 is 1.41. The van der Waals surface area contributed by atoms with Crippen LogP contribution in [0.2, 0.25) is 0 Å². The maximum Gasteiger partial charge on any atom is 0.333 e. The molecule has 0 radical (unpaired) electrons. The average molecular weight is 331 g/mol. The van der Waals surface area contributed by atoms with E-state index in [4.69, 9.17) is 0 Å². The van der Waals surface area contributed by atoms with Crippen molar-refractivity contribution in [3.8, 4) is 5.88 Å². The quantitative estimate of drug-likeness (QED) is 0.547. The summed E-state index contributed by atoms with van der Waals surface area (Å²) in [6.07, 6.45) is 1.17. The molecule has 8 nitrogen and oxygen atoms in total. The number of nitrogens with zero attached hydrogens (tertiary/aromatic N) is 4. The van der Waals surface area contributed by atoms with E-state index in [1.165, 1.54) is 31.6 Å². The van der Waals surface area contributed by atoms with Crippen molar-refractivity contribution in [2.75, 3.05) is 5.43 Å². The highest BCUT2D eigenvalue weighted by molar-refractivity contribution is 7.22. The SMILES string of the molecule is Cn1c(O)c(/C=N/Nc2nc3ccccc3s2)c(=O)n(C)c1=O. The number of rotatable bonds is 3. The van der Waals surface area contributed by atoms with Gasteiger partial charge in [0.2, 0.25) is 11.0 Å². The van der Waals surface area contributed by atoms with Crippen molar-refractivity contribution in [2.45, 2.75) is 0 Å². The first-order chi connectivity index (χ1) is 11.0. The first kappa shape index (κ1) is 15.0. The normalized spacial score (nSPS) is 11.4. The largest absolute Gasteiger partial charge is 0.494 e. The van der Waals surface area contributed by atoms with E-state index in [0.717, 1.165) is 19.4 Å². The van der Waals surface area contributed by atoms with Crippen LogP contribution in [-0.4, -0.2) is 25.4 Å². The predicted molar refractivity (Wildman–Crippen MR) is 89.4 cm³/mol. The fourth-order valence-electron chi connectivity index (χ4n) is 2.04. The molecule has 0 aliphatic carbocycles. The van der Waals surface area contributed by atoms with Crippen LogP contribution < -0.4 is 16.7 Å². The highest BCUT2D eigenvalue weighted by Gasteiger charge is 2.12. The van der Waals surface area contributed by atoms with Crippen LogP contribution in [0.4, 0.5) is 5.13 Å². The van der Waals surface area contributed by atoms with Gasteiger partial charge in [-0.25, -0.2) is 9.78 Å². The average Bonchev–Trinajstić information content (AvgIpc) is 2.97. The van der Waals surface area contributed by atoms with Crippen LogP contribution in [0.3, 0.4) is 0 Å². The summed E-state index contributed by atoms with van der Waals surface area (Å²) in [6, 6.07) is 7.63. The topological polar surface area (TPSA) is 102 Å². The van der Waals surface area contributed by atoms with Crippen molar-refractivity contribution >= 4 is 32.9 Å². The molecule has 3 rings (SSSR count). The van der Waals surface area contributed by atoms with E-state index in [0.29, 0.717) is 5.13 Å². The van der Waals surface area contributed by atoms with Gasteiger partial charge in [-0.1, -0.05) is 23.5 Å². The van der Waals surface area contributed by atoms with Crippen molar-refractivity contribution in [3.05, 3.63) is 50.7 Å². The highest BCUT2D eigenvalue weighted by Crippen LogP contribution is 2.25. The maximum absolute atomic E-state index is 12.0. The van der Waals surface area contributed by atoms with Crippen LogP contribution in [0.25, 0.3) is 10.2 Å². The molecule has 9 heteroatoms. The molecular weight excluding hydrogens is 318 g/mol. The Morgan fingerprint density at radius 2 is 2.00 bits per heavy atom. The molecule has 2 N–H and O–H groups in total. The van der Waals surface area contributed by atoms with E-state index in [1.54, 1.807) is 0 Å². The number of para-hydroxylation sites is 1. The number of hydrogen-bond donors (Lipinski definition) is 2. The second kappa shape index (κ2) is 5.69.